The number of nitrogens with zero attached hydrogens (tertiary/aromatic N) is 4. The standard InChI is InChI=1S/C26H28FN5O3S.H2S/c27-21-6-1-18(2-7-21)5-10-23-29-30-26(36-23)28-25(34)20-15-24(33)32(17-20)22-8-3-19(4-9-22)16-31-11-13-35-14-12-31;/h1-4,6-9,20H,5,10-17H2,(H,28,30,34);1H2/t20-;/m0./s1. The molecule has 1 N–H and O–H groups in total. The summed E-state index contributed by atoms with van der Waals surface area (Å²) < 4.78 is 18.5. The zero-order valence-electron chi connectivity index (χ0n) is 20.4. The van der Waals surface area contributed by atoms with Crippen LogP contribution < -0.4 is 10.2 Å². The Hall–Kier alpha value is -2.86. The Morgan fingerprint density at radius 1 is 1.03 bits per heavy atom. The summed E-state index contributed by atoms with van der Waals surface area (Å²) in [4.78, 5) is 29.5. The van der Waals surface area contributed by atoms with E-state index in [1.165, 1.54) is 29.0 Å². The Balaban J connectivity index is 0.00000320. The van der Waals surface area contributed by atoms with Crippen molar-refractivity contribution < 1.29 is 18.7 Å². The van der Waals surface area contributed by atoms with E-state index in [0.29, 0.717) is 24.5 Å². The van der Waals surface area contributed by atoms with Gasteiger partial charge in [-0.3, -0.25) is 14.5 Å². The van der Waals surface area contributed by atoms with Crippen LogP contribution in [0.15, 0.2) is 48.5 Å². The fraction of sp³-hybridized carbons (Fsp3) is 0.385. The van der Waals surface area contributed by atoms with Crippen molar-refractivity contribution in [1.82, 2.24) is 15.1 Å². The third-order valence-electron chi connectivity index (χ3n) is 6.49. The van der Waals surface area contributed by atoms with E-state index in [1.807, 2.05) is 24.3 Å². The molecule has 2 aliphatic rings. The van der Waals surface area contributed by atoms with Crippen LogP contribution in [0.25, 0.3) is 0 Å². The van der Waals surface area contributed by atoms with Gasteiger partial charge in [-0.2, -0.15) is 13.5 Å². The van der Waals surface area contributed by atoms with Gasteiger partial charge in [0.2, 0.25) is 16.9 Å². The van der Waals surface area contributed by atoms with E-state index in [4.69, 9.17) is 4.74 Å². The van der Waals surface area contributed by atoms with E-state index >= 15 is 0 Å². The molecule has 5 rings (SSSR count). The minimum Gasteiger partial charge on any atom is -0.379 e. The summed E-state index contributed by atoms with van der Waals surface area (Å²) in [5.41, 5.74) is 3.00. The molecule has 37 heavy (non-hydrogen) atoms. The summed E-state index contributed by atoms with van der Waals surface area (Å²) in [7, 11) is 0. The number of hydrogen-bond donors (Lipinski definition) is 1. The first-order chi connectivity index (χ1) is 17.5. The Labute approximate surface area is 226 Å². The number of hydrogen-bond acceptors (Lipinski definition) is 7. The number of aryl methyl sites for hydroxylation is 2. The first-order valence-electron chi connectivity index (χ1n) is 12.1. The first kappa shape index (κ1) is 27.2. The molecule has 0 aliphatic carbocycles. The van der Waals surface area contributed by atoms with Gasteiger partial charge in [0.1, 0.15) is 10.8 Å². The molecule has 0 saturated carbocycles. The number of nitrogens with one attached hydrogen (secondary N) is 1. The summed E-state index contributed by atoms with van der Waals surface area (Å²) in [5, 5.41) is 12.3. The maximum atomic E-state index is 13.1. The molecule has 2 saturated heterocycles. The Morgan fingerprint density at radius 3 is 2.46 bits per heavy atom. The van der Waals surface area contributed by atoms with E-state index in [0.717, 1.165) is 49.1 Å². The molecule has 0 bridgehead atoms. The van der Waals surface area contributed by atoms with Crippen LogP contribution in [-0.4, -0.2) is 59.8 Å². The molecule has 11 heteroatoms. The van der Waals surface area contributed by atoms with Crippen LogP contribution in [0, 0.1) is 11.7 Å². The second-order valence-electron chi connectivity index (χ2n) is 9.08. The van der Waals surface area contributed by atoms with E-state index in [-0.39, 0.29) is 37.5 Å². The van der Waals surface area contributed by atoms with Crippen LogP contribution in [0.2, 0.25) is 0 Å². The van der Waals surface area contributed by atoms with Crippen molar-refractivity contribution in [3.8, 4) is 0 Å². The molecule has 2 aliphatic heterocycles. The summed E-state index contributed by atoms with van der Waals surface area (Å²) in [6.07, 6.45) is 1.52. The second kappa shape index (κ2) is 12.6. The number of carbonyl (C=O) groups excluding carboxylic acids is 2. The first-order valence-corrected chi connectivity index (χ1v) is 12.9. The van der Waals surface area contributed by atoms with Gasteiger partial charge in [-0.25, -0.2) is 4.39 Å². The molecule has 1 atom stereocenters. The number of ether oxygens (including phenoxy) is 1. The van der Waals surface area contributed by atoms with E-state index in [1.54, 1.807) is 17.0 Å². The van der Waals surface area contributed by atoms with Crippen molar-refractivity contribution in [3.63, 3.8) is 0 Å². The van der Waals surface area contributed by atoms with Crippen LogP contribution in [0.1, 0.15) is 22.6 Å². The molecule has 196 valence electrons. The summed E-state index contributed by atoms with van der Waals surface area (Å²) in [6, 6.07) is 14.4. The van der Waals surface area contributed by atoms with Gasteiger partial charge < -0.3 is 15.0 Å². The van der Waals surface area contributed by atoms with Crippen molar-refractivity contribution in [2.45, 2.75) is 25.8 Å². The van der Waals surface area contributed by atoms with Crippen molar-refractivity contribution in [2.24, 2.45) is 5.92 Å². The Morgan fingerprint density at radius 2 is 1.73 bits per heavy atom. The van der Waals surface area contributed by atoms with Gasteiger partial charge >= 0.3 is 0 Å². The number of halogens is 1. The summed E-state index contributed by atoms with van der Waals surface area (Å²) in [6.45, 7) is 4.57. The number of anilines is 2. The average Bonchev–Trinajstić information content (AvgIpc) is 3.51. The van der Waals surface area contributed by atoms with Gasteiger partial charge in [0.25, 0.3) is 0 Å². The molecule has 0 unspecified atom stereocenters. The van der Waals surface area contributed by atoms with E-state index in [9.17, 15) is 14.0 Å². The predicted octanol–water partition coefficient (Wildman–Crippen LogP) is 3.40. The number of morpholine rings is 1. The average molecular weight is 544 g/mol. The number of amides is 2. The van der Waals surface area contributed by atoms with Crippen molar-refractivity contribution >= 4 is 47.5 Å². The molecule has 1 aromatic heterocycles. The maximum Gasteiger partial charge on any atom is 0.231 e. The minimum absolute atomic E-state index is 0. The molecule has 2 fully saturated rings. The molecular weight excluding hydrogens is 513 g/mol. The van der Waals surface area contributed by atoms with E-state index < -0.39 is 5.92 Å². The molecule has 0 spiro atoms. The van der Waals surface area contributed by atoms with Crippen LogP contribution in [-0.2, 0) is 33.7 Å². The molecule has 2 aromatic carbocycles. The fourth-order valence-corrected chi connectivity index (χ4v) is 5.19. The fourth-order valence-electron chi connectivity index (χ4n) is 4.45. The minimum atomic E-state index is -0.447. The molecule has 8 nitrogen and oxygen atoms in total. The second-order valence-corrected chi connectivity index (χ2v) is 10.1. The zero-order valence-corrected chi connectivity index (χ0v) is 22.2. The lowest BCUT2D eigenvalue weighted by atomic mass is 10.1. The largest absolute Gasteiger partial charge is 0.379 e. The molecular formula is C26H30FN5O3S2. The topological polar surface area (TPSA) is 87.7 Å². The van der Waals surface area contributed by atoms with Gasteiger partial charge in [-0.15, -0.1) is 10.2 Å². The number of aromatic nitrogens is 2. The van der Waals surface area contributed by atoms with Gasteiger partial charge in [0, 0.05) is 44.7 Å². The SMILES string of the molecule is O=C(Nc1nnc(CCc2ccc(F)cc2)s1)[C@H]1CC(=O)N(c2ccc(CN3CCOCC3)cc2)C1.S. The molecule has 2 amide bonds. The predicted molar refractivity (Wildman–Crippen MR) is 146 cm³/mol. The highest BCUT2D eigenvalue weighted by molar-refractivity contribution is 7.59. The van der Waals surface area contributed by atoms with Gasteiger partial charge in [0.05, 0.1) is 19.1 Å². The Kier molecular flexibility index (Phi) is 9.25. The highest BCUT2D eigenvalue weighted by Crippen LogP contribution is 2.27. The highest BCUT2D eigenvalue weighted by atomic mass is 32.1. The van der Waals surface area contributed by atoms with Crippen LogP contribution in [0.5, 0.6) is 0 Å². The van der Waals surface area contributed by atoms with Crippen LogP contribution in [0.3, 0.4) is 0 Å². The normalized spacial score (nSPS) is 18.0. The smallest absolute Gasteiger partial charge is 0.231 e. The van der Waals surface area contributed by atoms with Crippen LogP contribution >= 0.6 is 24.8 Å². The Bertz CT molecular complexity index is 1200. The third-order valence-corrected chi connectivity index (χ3v) is 7.39. The molecule has 3 aromatic rings. The van der Waals surface area contributed by atoms with Gasteiger partial charge in [-0.1, -0.05) is 35.6 Å². The van der Waals surface area contributed by atoms with Crippen molar-refractivity contribution in [2.75, 3.05) is 43.1 Å². The summed E-state index contributed by atoms with van der Waals surface area (Å²) >= 11 is 1.32. The maximum absolute atomic E-state index is 13.1. The monoisotopic (exact) mass is 543 g/mol. The van der Waals surface area contributed by atoms with Crippen molar-refractivity contribution in [1.29, 1.82) is 0 Å². The quantitative estimate of drug-likeness (QED) is 0.469. The summed E-state index contributed by atoms with van der Waals surface area (Å²) in [5.74, 6) is -0.995. The lowest BCUT2D eigenvalue weighted by molar-refractivity contribution is -0.122. The number of rotatable bonds is 8. The van der Waals surface area contributed by atoms with E-state index in [2.05, 4.69) is 20.4 Å². The number of benzene rings is 2. The van der Waals surface area contributed by atoms with Crippen molar-refractivity contribution in [3.05, 3.63) is 70.5 Å². The lowest BCUT2D eigenvalue weighted by Gasteiger charge is -2.26. The number of carbonyl (C=O) groups is 2. The molecule has 3 heterocycles. The highest BCUT2D eigenvalue weighted by Gasteiger charge is 2.35. The lowest BCUT2D eigenvalue weighted by Crippen LogP contribution is -2.35. The zero-order chi connectivity index (χ0) is 24.9. The van der Waals surface area contributed by atoms with Gasteiger partial charge in [0.15, 0.2) is 0 Å². The van der Waals surface area contributed by atoms with Gasteiger partial charge in [-0.05, 0) is 41.8 Å². The van der Waals surface area contributed by atoms with Crippen LogP contribution in [0.4, 0.5) is 15.2 Å². The third kappa shape index (κ3) is 7.13. The molecule has 0 radical (unpaired) electrons.